The van der Waals surface area contributed by atoms with Crippen molar-refractivity contribution in [1.29, 1.82) is 0 Å². The Hall–Kier alpha value is -1.01. The minimum atomic E-state index is -1.88. The smallest absolute Gasteiger partial charge is 0.250 e. The summed E-state index contributed by atoms with van der Waals surface area (Å²) in [7, 11) is -3.76. The van der Waals surface area contributed by atoms with E-state index in [0.717, 1.165) is 17.1 Å². The summed E-state index contributed by atoms with van der Waals surface area (Å²) < 4.78 is 13.0. The van der Waals surface area contributed by atoms with Crippen LogP contribution < -0.4 is 8.85 Å². The molecule has 1 aromatic rings. The summed E-state index contributed by atoms with van der Waals surface area (Å²) in [6.07, 6.45) is 1.86. The molecule has 4 heteroatoms. The van der Waals surface area contributed by atoms with Gasteiger partial charge in [0.25, 0.3) is 0 Å². The molecule has 0 heterocycles. The molecule has 0 spiro atoms. The van der Waals surface area contributed by atoms with Crippen LogP contribution in [0.15, 0.2) is 24.8 Å². The molecular weight excluding hydrogens is 328 g/mol. The van der Waals surface area contributed by atoms with Gasteiger partial charge in [0, 0.05) is 6.07 Å². The van der Waals surface area contributed by atoms with Crippen molar-refractivity contribution in [2.75, 3.05) is 0 Å². The third kappa shape index (κ3) is 4.99. The Morgan fingerprint density at radius 1 is 0.750 bits per heavy atom. The van der Waals surface area contributed by atoms with E-state index in [9.17, 15) is 0 Å². The second kappa shape index (κ2) is 6.72. The van der Waals surface area contributed by atoms with Crippen molar-refractivity contribution in [1.82, 2.24) is 0 Å². The molecule has 0 fully saturated rings. The highest BCUT2D eigenvalue weighted by atomic mass is 28.4. The van der Waals surface area contributed by atoms with E-state index in [4.69, 9.17) is 8.85 Å². The quantitative estimate of drug-likeness (QED) is 0.519. The molecule has 0 unspecified atom stereocenters. The molecule has 136 valence electrons. The first kappa shape index (κ1) is 21.0. The van der Waals surface area contributed by atoms with Crippen LogP contribution in [0.1, 0.15) is 47.1 Å². The predicted molar refractivity (Wildman–Crippen MR) is 112 cm³/mol. The first-order chi connectivity index (χ1) is 10.6. The first-order valence-corrected chi connectivity index (χ1v) is 14.6. The molecule has 0 radical (unpaired) electrons. The van der Waals surface area contributed by atoms with E-state index in [1.54, 1.807) is 0 Å². The zero-order valence-corrected chi connectivity index (χ0v) is 19.3. The van der Waals surface area contributed by atoms with E-state index in [0.29, 0.717) is 0 Å². The summed E-state index contributed by atoms with van der Waals surface area (Å²) in [5.74, 6) is 1.79. The highest BCUT2D eigenvalue weighted by Gasteiger charge is 2.40. The average Bonchev–Trinajstić information content (AvgIpc) is 2.34. The number of hydrogen-bond acceptors (Lipinski definition) is 2. The Labute approximate surface area is 151 Å². The molecule has 0 saturated heterocycles. The van der Waals surface area contributed by atoms with Gasteiger partial charge in [-0.2, -0.15) is 0 Å². The zero-order chi connectivity index (χ0) is 19.0. The maximum Gasteiger partial charge on any atom is 0.250 e. The fourth-order valence-electron chi connectivity index (χ4n) is 1.72. The molecule has 0 amide bonds. The van der Waals surface area contributed by atoms with E-state index in [1.807, 2.05) is 12.1 Å². The van der Waals surface area contributed by atoms with E-state index >= 15 is 0 Å². The highest BCUT2D eigenvalue weighted by Crippen LogP contribution is 2.40. The lowest BCUT2D eigenvalue weighted by atomic mass is 10.2. The summed E-state index contributed by atoms with van der Waals surface area (Å²) in [5, 5.41) is 0.329. The van der Waals surface area contributed by atoms with Crippen LogP contribution in [-0.2, 0) is 0 Å². The van der Waals surface area contributed by atoms with Crippen LogP contribution in [0.2, 0.25) is 36.3 Å². The summed E-state index contributed by atoms with van der Waals surface area (Å²) in [4.78, 5) is 0. The van der Waals surface area contributed by atoms with Crippen LogP contribution in [0.4, 0.5) is 0 Å². The lowest BCUT2D eigenvalue weighted by Gasteiger charge is -2.38. The van der Waals surface area contributed by atoms with Crippen molar-refractivity contribution in [2.45, 2.75) is 77.8 Å². The molecule has 1 rings (SSSR count). The number of rotatable bonds is 5. The third-order valence-corrected chi connectivity index (χ3v) is 14.2. The monoisotopic (exact) mass is 364 g/mol. The van der Waals surface area contributed by atoms with Crippen LogP contribution in [0, 0.1) is 0 Å². The lowest BCUT2D eigenvalue weighted by molar-refractivity contribution is 0.474. The van der Waals surface area contributed by atoms with Gasteiger partial charge in [0.15, 0.2) is 0 Å². The molecular formula is C20H36O2Si2. The van der Waals surface area contributed by atoms with Crippen LogP contribution in [0.3, 0.4) is 0 Å². The predicted octanol–water partition coefficient (Wildman–Crippen LogP) is 7.10. The molecule has 24 heavy (non-hydrogen) atoms. The van der Waals surface area contributed by atoms with Gasteiger partial charge in [-0.1, -0.05) is 54.2 Å². The minimum Gasteiger partial charge on any atom is -0.543 e. The van der Waals surface area contributed by atoms with E-state index in [1.165, 1.54) is 0 Å². The van der Waals surface area contributed by atoms with E-state index in [2.05, 4.69) is 86.4 Å². The van der Waals surface area contributed by atoms with Crippen LogP contribution in [0.5, 0.6) is 11.5 Å². The van der Waals surface area contributed by atoms with Gasteiger partial charge < -0.3 is 8.85 Å². The van der Waals surface area contributed by atoms with Gasteiger partial charge in [0.05, 0.1) is 0 Å². The Bertz CT molecular complexity index is 544. The van der Waals surface area contributed by atoms with Gasteiger partial charge in [-0.15, -0.1) is 0 Å². The van der Waals surface area contributed by atoms with Crippen LogP contribution in [0.25, 0.3) is 6.08 Å². The number of hydrogen-bond donors (Lipinski definition) is 0. The highest BCUT2D eigenvalue weighted by molar-refractivity contribution is 6.75. The van der Waals surface area contributed by atoms with Crippen molar-refractivity contribution in [3.63, 3.8) is 0 Å². The molecule has 0 aromatic heterocycles. The van der Waals surface area contributed by atoms with Gasteiger partial charge in [0.1, 0.15) is 11.5 Å². The summed E-state index contributed by atoms with van der Waals surface area (Å²) in [5.41, 5.74) is 1.04. The van der Waals surface area contributed by atoms with Gasteiger partial charge in [-0.3, -0.25) is 0 Å². The summed E-state index contributed by atoms with van der Waals surface area (Å²) in [6, 6.07) is 6.17. The van der Waals surface area contributed by atoms with Gasteiger partial charge >= 0.3 is 0 Å². The first-order valence-electron chi connectivity index (χ1n) is 8.75. The van der Waals surface area contributed by atoms with Crippen LogP contribution in [-0.4, -0.2) is 16.6 Å². The molecule has 1 aromatic carbocycles. The Morgan fingerprint density at radius 3 is 1.33 bits per heavy atom. The Balaban J connectivity index is 3.21. The minimum absolute atomic E-state index is 0.164. The van der Waals surface area contributed by atoms with Crippen LogP contribution >= 0.6 is 0 Å². The second-order valence-electron chi connectivity index (χ2n) is 9.67. The normalized spacial score (nSPS) is 13.6. The molecule has 0 saturated carbocycles. The fraction of sp³-hybridized carbons (Fsp3) is 0.600. The maximum atomic E-state index is 6.48. The van der Waals surface area contributed by atoms with Crippen molar-refractivity contribution < 1.29 is 8.85 Å². The molecule has 0 atom stereocenters. The van der Waals surface area contributed by atoms with Gasteiger partial charge in [-0.25, -0.2) is 0 Å². The summed E-state index contributed by atoms with van der Waals surface area (Å²) in [6.45, 7) is 26.5. The average molecular weight is 365 g/mol. The molecule has 0 aliphatic heterocycles. The molecule has 0 aliphatic rings. The van der Waals surface area contributed by atoms with Crippen molar-refractivity contribution in [2.24, 2.45) is 0 Å². The topological polar surface area (TPSA) is 18.5 Å². The van der Waals surface area contributed by atoms with E-state index < -0.39 is 16.6 Å². The van der Waals surface area contributed by atoms with Gasteiger partial charge in [0.2, 0.25) is 16.6 Å². The lowest BCUT2D eigenvalue weighted by Crippen LogP contribution is -2.44. The fourth-order valence-corrected chi connectivity index (χ4v) is 3.75. The zero-order valence-electron chi connectivity index (χ0n) is 17.3. The largest absolute Gasteiger partial charge is 0.543 e. The standard InChI is InChI=1S/C20H36O2Si2/c1-12-16-13-17(21-23(8,9)19(2,3)4)15-18(14-16)22-24(10,11)20(5,6)7/h12-15H,1H2,2-11H3. The molecule has 2 nitrogen and oxygen atoms in total. The van der Waals surface area contributed by atoms with Crippen molar-refractivity contribution in [3.8, 4) is 11.5 Å². The Morgan fingerprint density at radius 2 is 1.08 bits per heavy atom. The third-order valence-electron chi connectivity index (χ3n) is 5.50. The molecule has 0 bridgehead atoms. The number of benzene rings is 1. The SMILES string of the molecule is C=Cc1cc(O[Si](C)(C)C(C)(C)C)cc(O[Si](C)(C)C(C)(C)C)c1. The second-order valence-corrected chi connectivity index (χ2v) is 19.1. The van der Waals surface area contributed by atoms with Crippen molar-refractivity contribution in [3.05, 3.63) is 30.3 Å². The Kier molecular flexibility index (Phi) is 5.89. The van der Waals surface area contributed by atoms with Crippen molar-refractivity contribution >= 4 is 22.7 Å². The molecule has 0 aliphatic carbocycles. The molecule has 0 N–H and O–H groups in total. The van der Waals surface area contributed by atoms with E-state index in [-0.39, 0.29) is 10.1 Å². The maximum absolute atomic E-state index is 6.48. The summed E-state index contributed by atoms with van der Waals surface area (Å²) >= 11 is 0. The van der Waals surface area contributed by atoms with Gasteiger partial charge in [-0.05, 0) is 54.0 Å².